The van der Waals surface area contributed by atoms with E-state index in [0.717, 1.165) is 0 Å². The van der Waals surface area contributed by atoms with Crippen molar-refractivity contribution in [3.05, 3.63) is 34.6 Å². The van der Waals surface area contributed by atoms with Gasteiger partial charge in [-0.1, -0.05) is 27.5 Å². The lowest BCUT2D eigenvalue weighted by atomic mass is 10.1. The summed E-state index contributed by atoms with van der Waals surface area (Å²) in [7, 11) is 0. The van der Waals surface area contributed by atoms with E-state index in [4.69, 9.17) is 11.6 Å². The standard InChI is InChI=1S/C9H7BrClFO/c1-5(13)9(10)7-4-6(11)2-3-8(7)12/h2-4,9H,1H3. The van der Waals surface area contributed by atoms with Crippen LogP contribution >= 0.6 is 27.5 Å². The summed E-state index contributed by atoms with van der Waals surface area (Å²) in [6.07, 6.45) is 0. The van der Waals surface area contributed by atoms with Crippen molar-refractivity contribution in [2.75, 3.05) is 0 Å². The maximum Gasteiger partial charge on any atom is 0.147 e. The fraction of sp³-hybridized carbons (Fsp3) is 0.222. The highest BCUT2D eigenvalue weighted by molar-refractivity contribution is 9.09. The molecule has 0 N–H and O–H groups in total. The molecule has 1 nitrogen and oxygen atoms in total. The van der Waals surface area contributed by atoms with Gasteiger partial charge in [0.05, 0.1) is 0 Å². The van der Waals surface area contributed by atoms with Gasteiger partial charge in [0.15, 0.2) is 0 Å². The second kappa shape index (κ2) is 4.20. The number of halogens is 3. The molecule has 0 aliphatic carbocycles. The lowest BCUT2D eigenvalue weighted by Crippen LogP contribution is -2.03. The molecule has 0 heterocycles. The van der Waals surface area contributed by atoms with Gasteiger partial charge in [-0.05, 0) is 25.1 Å². The van der Waals surface area contributed by atoms with Crippen molar-refractivity contribution < 1.29 is 9.18 Å². The lowest BCUT2D eigenvalue weighted by molar-refractivity contribution is -0.116. The van der Waals surface area contributed by atoms with Crippen LogP contribution in [0, 0.1) is 5.82 Å². The third-order valence-electron chi connectivity index (χ3n) is 1.59. The zero-order chi connectivity index (χ0) is 10.0. The van der Waals surface area contributed by atoms with Crippen molar-refractivity contribution in [1.82, 2.24) is 0 Å². The van der Waals surface area contributed by atoms with Crippen LogP contribution in [-0.2, 0) is 4.79 Å². The minimum Gasteiger partial charge on any atom is -0.298 e. The van der Waals surface area contributed by atoms with Crippen LogP contribution in [0.25, 0.3) is 0 Å². The Labute approximate surface area is 89.0 Å². The van der Waals surface area contributed by atoms with Crippen LogP contribution in [0.1, 0.15) is 17.3 Å². The van der Waals surface area contributed by atoms with E-state index >= 15 is 0 Å². The molecule has 0 aliphatic heterocycles. The molecule has 0 radical (unpaired) electrons. The number of carbonyl (C=O) groups is 1. The largest absolute Gasteiger partial charge is 0.298 e. The van der Waals surface area contributed by atoms with E-state index in [1.54, 1.807) is 0 Å². The molecule has 1 atom stereocenters. The van der Waals surface area contributed by atoms with Crippen molar-refractivity contribution in [3.8, 4) is 0 Å². The van der Waals surface area contributed by atoms with Gasteiger partial charge in [-0.25, -0.2) is 4.39 Å². The van der Waals surface area contributed by atoms with Crippen LogP contribution in [-0.4, -0.2) is 5.78 Å². The summed E-state index contributed by atoms with van der Waals surface area (Å²) in [5, 5.41) is 0.419. The van der Waals surface area contributed by atoms with Crippen LogP contribution in [0.4, 0.5) is 4.39 Å². The molecule has 0 spiro atoms. The summed E-state index contributed by atoms with van der Waals surface area (Å²) in [6, 6.07) is 4.13. The predicted molar refractivity (Wildman–Crippen MR) is 53.8 cm³/mol. The summed E-state index contributed by atoms with van der Waals surface area (Å²) in [6.45, 7) is 1.39. The van der Waals surface area contributed by atoms with Crippen LogP contribution in [0.2, 0.25) is 5.02 Å². The SMILES string of the molecule is CC(=O)C(Br)c1cc(Cl)ccc1F. The maximum atomic E-state index is 13.1. The van der Waals surface area contributed by atoms with Crippen LogP contribution in [0.15, 0.2) is 18.2 Å². The first-order valence-corrected chi connectivity index (χ1v) is 4.91. The van der Waals surface area contributed by atoms with E-state index < -0.39 is 10.6 Å². The van der Waals surface area contributed by atoms with Crippen molar-refractivity contribution >= 4 is 33.3 Å². The normalized spacial score (nSPS) is 12.6. The van der Waals surface area contributed by atoms with Crippen molar-refractivity contribution in [3.63, 3.8) is 0 Å². The van der Waals surface area contributed by atoms with Gasteiger partial charge in [0.25, 0.3) is 0 Å². The molecule has 1 unspecified atom stereocenters. The molecule has 1 rings (SSSR count). The minimum absolute atomic E-state index is 0.152. The van der Waals surface area contributed by atoms with E-state index in [9.17, 15) is 9.18 Å². The van der Waals surface area contributed by atoms with Crippen molar-refractivity contribution in [2.45, 2.75) is 11.8 Å². The number of alkyl halides is 1. The average Bonchev–Trinajstić information content (AvgIpc) is 2.08. The molecule has 0 aromatic heterocycles. The molecule has 0 saturated heterocycles. The first-order chi connectivity index (χ1) is 6.02. The van der Waals surface area contributed by atoms with Crippen LogP contribution < -0.4 is 0 Å². The lowest BCUT2D eigenvalue weighted by Gasteiger charge is -2.07. The monoisotopic (exact) mass is 264 g/mol. The zero-order valence-electron chi connectivity index (χ0n) is 6.85. The van der Waals surface area contributed by atoms with Crippen molar-refractivity contribution in [2.24, 2.45) is 0 Å². The van der Waals surface area contributed by atoms with E-state index in [2.05, 4.69) is 15.9 Å². The van der Waals surface area contributed by atoms with Gasteiger partial charge in [-0.15, -0.1) is 0 Å². The molecule has 0 amide bonds. The van der Waals surface area contributed by atoms with Gasteiger partial charge in [0.1, 0.15) is 16.4 Å². The molecule has 70 valence electrons. The number of Topliss-reactive ketones (excluding diaryl/α,β-unsaturated/α-hetero) is 1. The highest BCUT2D eigenvalue weighted by atomic mass is 79.9. The smallest absolute Gasteiger partial charge is 0.147 e. The summed E-state index contributed by atoms with van der Waals surface area (Å²) >= 11 is 8.75. The van der Waals surface area contributed by atoms with Crippen LogP contribution in [0.5, 0.6) is 0 Å². The number of carbonyl (C=O) groups excluding carboxylic acids is 1. The first-order valence-electron chi connectivity index (χ1n) is 3.62. The molecule has 1 aromatic rings. The quantitative estimate of drug-likeness (QED) is 0.748. The third kappa shape index (κ3) is 2.51. The maximum absolute atomic E-state index is 13.1. The average molecular weight is 266 g/mol. The van der Waals surface area contributed by atoms with E-state index in [0.29, 0.717) is 5.02 Å². The number of benzene rings is 1. The Morgan fingerprint density at radius 1 is 1.62 bits per heavy atom. The molecule has 0 fully saturated rings. The first kappa shape index (κ1) is 10.7. The molecular formula is C9H7BrClFO. The molecule has 0 saturated carbocycles. The zero-order valence-corrected chi connectivity index (χ0v) is 9.19. The van der Waals surface area contributed by atoms with E-state index in [-0.39, 0.29) is 11.3 Å². The number of hydrogen-bond acceptors (Lipinski definition) is 1. The molecule has 13 heavy (non-hydrogen) atoms. The summed E-state index contributed by atoms with van der Waals surface area (Å²) in [5.74, 6) is -0.581. The summed E-state index contributed by atoms with van der Waals surface area (Å²) in [5.41, 5.74) is 0.278. The second-order valence-corrected chi connectivity index (χ2v) is 3.99. The number of rotatable bonds is 2. The number of ketones is 1. The Bertz CT molecular complexity index is 340. The summed E-state index contributed by atoms with van der Waals surface area (Å²) in [4.78, 5) is 10.3. The molecule has 0 aliphatic rings. The molecule has 1 aromatic carbocycles. The van der Waals surface area contributed by atoms with Gasteiger partial charge in [-0.2, -0.15) is 0 Å². The number of hydrogen-bond donors (Lipinski definition) is 0. The fourth-order valence-corrected chi connectivity index (χ4v) is 1.46. The molecule has 0 bridgehead atoms. The van der Waals surface area contributed by atoms with Gasteiger partial charge in [0.2, 0.25) is 0 Å². The molecular weight excluding hydrogens is 258 g/mol. The van der Waals surface area contributed by atoms with E-state index in [1.807, 2.05) is 0 Å². The van der Waals surface area contributed by atoms with Crippen molar-refractivity contribution in [1.29, 1.82) is 0 Å². The fourth-order valence-electron chi connectivity index (χ4n) is 0.928. The van der Waals surface area contributed by atoms with Crippen LogP contribution in [0.3, 0.4) is 0 Å². The minimum atomic E-state index is -0.619. The van der Waals surface area contributed by atoms with Gasteiger partial charge >= 0.3 is 0 Å². The van der Waals surface area contributed by atoms with Gasteiger partial charge in [-0.3, -0.25) is 4.79 Å². The Balaban J connectivity index is 3.12. The highest BCUT2D eigenvalue weighted by Gasteiger charge is 2.16. The second-order valence-electron chi connectivity index (χ2n) is 2.64. The predicted octanol–water partition coefficient (Wildman–Crippen LogP) is 3.50. The topological polar surface area (TPSA) is 17.1 Å². The van der Waals surface area contributed by atoms with Gasteiger partial charge in [0, 0.05) is 10.6 Å². The molecule has 4 heteroatoms. The highest BCUT2D eigenvalue weighted by Crippen LogP contribution is 2.28. The Morgan fingerprint density at radius 2 is 2.23 bits per heavy atom. The Morgan fingerprint density at radius 3 is 2.77 bits per heavy atom. The summed E-state index contributed by atoms with van der Waals surface area (Å²) < 4.78 is 13.1. The van der Waals surface area contributed by atoms with E-state index in [1.165, 1.54) is 25.1 Å². The Kier molecular flexibility index (Phi) is 3.45. The third-order valence-corrected chi connectivity index (χ3v) is 2.96. The van der Waals surface area contributed by atoms with Gasteiger partial charge < -0.3 is 0 Å². The Hall–Kier alpha value is -0.410.